The quantitative estimate of drug-likeness (QED) is 0.335. The smallest absolute Gasteiger partial charge is 0.124 e. The van der Waals surface area contributed by atoms with Crippen LogP contribution in [0.25, 0.3) is 0 Å². The predicted molar refractivity (Wildman–Crippen MR) is 137 cm³/mol. The van der Waals surface area contributed by atoms with Crippen LogP contribution in [0.1, 0.15) is 86.3 Å². The van der Waals surface area contributed by atoms with Crippen molar-refractivity contribution >= 4 is 0 Å². The van der Waals surface area contributed by atoms with Crippen LogP contribution in [0.5, 0.6) is 11.5 Å². The minimum atomic E-state index is -0.0891. The molecule has 0 saturated carbocycles. The molecule has 0 spiro atoms. The summed E-state index contributed by atoms with van der Waals surface area (Å²) in [5, 5.41) is 39.8. The largest absolute Gasteiger partial charge is 0.507 e. The first kappa shape index (κ1) is 24.0. The molecule has 188 valence electrons. The van der Waals surface area contributed by atoms with Crippen LogP contribution in [0.15, 0.2) is 36.7 Å². The molecule has 0 radical (unpaired) electrons. The van der Waals surface area contributed by atoms with Gasteiger partial charge in [-0.1, -0.05) is 64.1 Å². The summed E-state index contributed by atoms with van der Waals surface area (Å²) in [7, 11) is 0. The molecule has 1 aliphatic rings. The molecule has 2 aromatic heterocycles. The van der Waals surface area contributed by atoms with Crippen molar-refractivity contribution in [3.8, 4) is 11.5 Å². The average Bonchev–Trinajstić information content (AvgIpc) is 3.40. The molecule has 8 nitrogen and oxygen atoms in total. The van der Waals surface area contributed by atoms with Crippen LogP contribution >= 0.6 is 0 Å². The van der Waals surface area contributed by atoms with Crippen LogP contribution in [0, 0.1) is 0 Å². The van der Waals surface area contributed by atoms with E-state index in [0.29, 0.717) is 25.9 Å². The fourth-order valence-corrected chi connectivity index (χ4v) is 4.63. The fourth-order valence-electron chi connectivity index (χ4n) is 4.63. The maximum atomic E-state index is 11.2. The highest BCUT2D eigenvalue weighted by atomic mass is 16.3. The maximum Gasteiger partial charge on any atom is 0.124 e. The summed E-state index contributed by atoms with van der Waals surface area (Å²) >= 11 is 0. The lowest BCUT2D eigenvalue weighted by Gasteiger charge is -2.22. The van der Waals surface area contributed by atoms with Gasteiger partial charge in [0.05, 0.1) is 24.5 Å². The van der Waals surface area contributed by atoms with Crippen molar-refractivity contribution < 1.29 is 10.2 Å². The van der Waals surface area contributed by atoms with E-state index in [1.165, 1.54) is 0 Å². The number of hydrogen-bond donors (Lipinski definition) is 2. The number of phenolic OH excluding ortho intramolecular Hbond substituents is 2. The lowest BCUT2D eigenvalue weighted by atomic mass is 9.84. The highest BCUT2D eigenvalue weighted by Crippen LogP contribution is 2.35. The van der Waals surface area contributed by atoms with Crippen molar-refractivity contribution in [2.45, 2.75) is 78.3 Å². The Morgan fingerprint density at radius 3 is 1.33 bits per heavy atom. The minimum Gasteiger partial charge on any atom is -0.507 e. The molecule has 3 heterocycles. The standard InChI is InChI=1S/C28H34N6O2/c1-27(2,3)21-7-17-11-23-15-34(32-29-23)14-20-10-22(28(4,5)6)8-18(26(20)36)12-24-16-33(31-30-24)13-19(9-21)25(17)35/h7-10,15-16,35-36H,11-14H2,1-6H3. The molecule has 0 atom stereocenters. The van der Waals surface area contributed by atoms with Gasteiger partial charge in [-0.25, -0.2) is 9.36 Å². The normalized spacial score (nSPS) is 14.2. The lowest BCUT2D eigenvalue weighted by molar-refractivity contribution is 0.455. The highest BCUT2D eigenvalue weighted by molar-refractivity contribution is 5.48. The van der Waals surface area contributed by atoms with E-state index < -0.39 is 0 Å². The Morgan fingerprint density at radius 1 is 0.611 bits per heavy atom. The van der Waals surface area contributed by atoms with E-state index >= 15 is 0 Å². The molecule has 0 fully saturated rings. The summed E-state index contributed by atoms with van der Waals surface area (Å²) in [6.07, 6.45) is 4.67. The molecule has 8 heteroatoms. The molecular formula is C28H34N6O2. The van der Waals surface area contributed by atoms with E-state index in [0.717, 1.165) is 44.8 Å². The second kappa shape index (κ2) is 8.47. The molecule has 0 saturated heterocycles. The third kappa shape index (κ3) is 4.72. The first-order valence-electron chi connectivity index (χ1n) is 12.4. The Morgan fingerprint density at radius 2 is 0.972 bits per heavy atom. The zero-order chi connectivity index (χ0) is 25.8. The second-order valence-electron chi connectivity index (χ2n) is 12.0. The number of nitrogens with zero attached hydrogens (tertiary/aromatic N) is 6. The number of benzene rings is 2. The number of fused-ring (bicyclic) bond motifs is 8. The van der Waals surface area contributed by atoms with E-state index in [9.17, 15) is 10.2 Å². The molecule has 0 amide bonds. The molecule has 2 N–H and O–H groups in total. The Bertz CT molecular complexity index is 1240. The Balaban J connectivity index is 1.67. The van der Waals surface area contributed by atoms with Crippen LogP contribution in [-0.4, -0.2) is 40.2 Å². The van der Waals surface area contributed by atoms with Crippen LogP contribution in [0.4, 0.5) is 0 Å². The number of phenols is 2. The molecule has 0 unspecified atom stereocenters. The number of rotatable bonds is 0. The molecule has 36 heavy (non-hydrogen) atoms. The van der Waals surface area contributed by atoms with Gasteiger partial charge in [0.1, 0.15) is 11.5 Å². The number of aromatic nitrogens is 6. The zero-order valence-corrected chi connectivity index (χ0v) is 21.9. The Hall–Kier alpha value is -3.68. The van der Waals surface area contributed by atoms with E-state index in [1.807, 2.05) is 24.5 Å². The van der Waals surface area contributed by atoms with Crippen molar-refractivity contribution in [2.75, 3.05) is 0 Å². The van der Waals surface area contributed by atoms with Crippen LogP contribution < -0.4 is 0 Å². The van der Waals surface area contributed by atoms with Gasteiger partial charge < -0.3 is 10.2 Å². The van der Waals surface area contributed by atoms with Gasteiger partial charge in [0.2, 0.25) is 0 Å². The van der Waals surface area contributed by atoms with Crippen LogP contribution in [-0.2, 0) is 36.8 Å². The van der Waals surface area contributed by atoms with Gasteiger partial charge in [-0.2, -0.15) is 0 Å². The maximum absolute atomic E-state index is 11.2. The first-order chi connectivity index (χ1) is 16.9. The second-order valence-corrected chi connectivity index (χ2v) is 12.0. The molecule has 5 rings (SSSR count). The third-order valence-electron chi connectivity index (χ3n) is 6.85. The van der Waals surface area contributed by atoms with Crippen molar-refractivity contribution in [1.82, 2.24) is 30.0 Å². The predicted octanol–water partition coefficient (Wildman–Crippen LogP) is 4.47. The summed E-state index contributed by atoms with van der Waals surface area (Å²) in [5.41, 5.74) is 6.77. The van der Waals surface area contributed by atoms with Crippen molar-refractivity contribution in [1.29, 1.82) is 0 Å². The summed E-state index contributed by atoms with van der Waals surface area (Å²) < 4.78 is 3.49. The van der Waals surface area contributed by atoms with Gasteiger partial charge >= 0.3 is 0 Å². The topological polar surface area (TPSA) is 102 Å². The van der Waals surface area contributed by atoms with Gasteiger partial charge in [-0.3, -0.25) is 0 Å². The molecule has 8 bridgehead atoms. The van der Waals surface area contributed by atoms with Gasteiger partial charge in [-0.05, 0) is 34.1 Å². The molecule has 4 aromatic rings. The highest BCUT2D eigenvalue weighted by Gasteiger charge is 2.23. The summed E-state index contributed by atoms with van der Waals surface area (Å²) in [4.78, 5) is 0. The van der Waals surface area contributed by atoms with E-state index in [4.69, 9.17) is 0 Å². The van der Waals surface area contributed by atoms with Gasteiger partial charge in [0, 0.05) is 47.5 Å². The summed E-state index contributed by atoms with van der Waals surface area (Å²) in [6, 6.07) is 8.20. The molecule has 2 aromatic carbocycles. The average molecular weight is 487 g/mol. The van der Waals surface area contributed by atoms with Crippen molar-refractivity contribution in [3.63, 3.8) is 0 Å². The van der Waals surface area contributed by atoms with Crippen molar-refractivity contribution in [2.24, 2.45) is 0 Å². The van der Waals surface area contributed by atoms with Gasteiger partial charge in [0.15, 0.2) is 0 Å². The summed E-state index contributed by atoms with van der Waals surface area (Å²) in [5.74, 6) is 0.499. The third-order valence-corrected chi connectivity index (χ3v) is 6.85. The van der Waals surface area contributed by atoms with Crippen LogP contribution in [0.2, 0.25) is 0 Å². The Labute approximate surface area is 211 Å². The van der Waals surface area contributed by atoms with Gasteiger partial charge in [-0.15, -0.1) is 10.2 Å². The molecule has 0 aliphatic carbocycles. The minimum absolute atomic E-state index is 0.0891. The molecular weight excluding hydrogens is 452 g/mol. The SMILES string of the molecule is CC(C)(C)c1cc2c(O)c(c1)Cn1cc(nn1)Cc1cc(C(C)(C)C)cc(c1O)Cn1cc(nn1)C2. The van der Waals surface area contributed by atoms with E-state index in [-0.39, 0.29) is 22.3 Å². The molecule has 1 aliphatic heterocycles. The van der Waals surface area contributed by atoms with Crippen molar-refractivity contribution in [3.05, 3.63) is 81.4 Å². The summed E-state index contributed by atoms with van der Waals surface area (Å²) in [6.45, 7) is 13.8. The van der Waals surface area contributed by atoms with E-state index in [2.05, 4.69) is 74.3 Å². The number of hydrogen-bond acceptors (Lipinski definition) is 6. The van der Waals surface area contributed by atoms with Crippen LogP contribution in [0.3, 0.4) is 0 Å². The number of aromatic hydroxyl groups is 2. The first-order valence-corrected chi connectivity index (χ1v) is 12.4. The Kier molecular flexibility index (Phi) is 5.65. The van der Waals surface area contributed by atoms with E-state index in [1.54, 1.807) is 9.36 Å². The zero-order valence-electron chi connectivity index (χ0n) is 21.9. The fraction of sp³-hybridized carbons (Fsp3) is 0.429. The lowest BCUT2D eigenvalue weighted by Crippen LogP contribution is -2.14. The van der Waals surface area contributed by atoms with Gasteiger partial charge in [0.25, 0.3) is 0 Å². The monoisotopic (exact) mass is 486 g/mol.